The first-order chi connectivity index (χ1) is 16.5. The van der Waals surface area contributed by atoms with Gasteiger partial charge in [-0.1, -0.05) is 0 Å². The Morgan fingerprint density at radius 1 is 1.11 bits per heavy atom. The average Bonchev–Trinajstić information content (AvgIpc) is 3.28. The van der Waals surface area contributed by atoms with Crippen LogP contribution in [0.1, 0.15) is 48.3 Å². The first kappa shape index (κ1) is 23.3. The third kappa shape index (κ3) is 4.24. The van der Waals surface area contributed by atoms with Crippen LogP contribution in [0.2, 0.25) is 0 Å². The summed E-state index contributed by atoms with van der Waals surface area (Å²) in [6.07, 6.45) is -0.855. The summed E-state index contributed by atoms with van der Waals surface area (Å²) in [5.74, 6) is 0.822. The number of nitrogens with two attached hydrogens (primary N) is 1. The van der Waals surface area contributed by atoms with Crippen LogP contribution < -0.4 is 11.1 Å². The number of fused-ring (bicyclic) bond motifs is 3. The SMILES string of the molecule is Cc1nc(N[C@H](C)c2cc(N)cc(C(F)(F)F)c2)c2cc(C3(F)CCOCC3)c3nccn3c2n1. The van der Waals surface area contributed by atoms with Crippen molar-refractivity contribution in [3.8, 4) is 0 Å². The lowest BCUT2D eigenvalue weighted by Gasteiger charge is -2.30. The molecular weight excluding hydrogens is 464 g/mol. The fourth-order valence-corrected chi connectivity index (χ4v) is 4.55. The largest absolute Gasteiger partial charge is 0.416 e. The van der Waals surface area contributed by atoms with Gasteiger partial charge in [0, 0.05) is 49.7 Å². The molecular formula is C24H24F4N6O. The summed E-state index contributed by atoms with van der Waals surface area (Å²) in [4.78, 5) is 13.4. The van der Waals surface area contributed by atoms with E-state index in [4.69, 9.17) is 10.5 Å². The van der Waals surface area contributed by atoms with Gasteiger partial charge in [-0.2, -0.15) is 13.2 Å². The van der Waals surface area contributed by atoms with E-state index in [2.05, 4.69) is 20.3 Å². The first-order valence-corrected chi connectivity index (χ1v) is 11.2. The average molecular weight is 488 g/mol. The number of halogens is 4. The van der Waals surface area contributed by atoms with E-state index < -0.39 is 23.5 Å². The molecule has 0 spiro atoms. The number of nitrogens with zero attached hydrogens (tertiary/aromatic N) is 4. The standard InChI is InChI=1S/C24H24F4N6O/c1-13(15-9-16(24(26,27)28)11-17(29)10-15)31-20-18-12-19(23(25)3-7-35-8-4-23)22-30-5-6-34(22)21(18)33-14(2)32-20/h5-6,9-13H,3-4,7-8,29H2,1-2H3,(H,31,32,33)/t13-/m1/s1. The van der Waals surface area contributed by atoms with Gasteiger partial charge in [0.05, 0.1) is 17.0 Å². The third-order valence-electron chi connectivity index (χ3n) is 6.36. The molecule has 0 aliphatic carbocycles. The van der Waals surface area contributed by atoms with Crippen LogP contribution in [-0.2, 0) is 16.6 Å². The number of anilines is 2. The van der Waals surface area contributed by atoms with E-state index in [1.165, 1.54) is 6.07 Å². The predicted octanol–water partition coefficient (Wildman–Crippen LogP) is 5.34. The van der Waals surface area contributed by atoms with Crippen LogP contribution in [0.4, 0.5) is 29.1 Å². The Bertz CT molecular complexity index is 1410. The van der Waals surface area contributed by atoms with Crippen LogP contribution in [0, 0.1) is 6.92 Å². The maximum atomic E-state index is 16.1. The second kappa shape index (κ2) is 8.33. The quantitative estimate of drug-likeness (QED) is 0.298. The third-order valence-corrected chi connectivity index (χ3v) is 6.36. The van der Waals surface area contributed by atoms with E-state index in [0.717, 1.165) is 12.1 Å². The van der Waals surface area contributed by atoms with Gasteiger partial charge in [-0.05, 0) is 43.7 Å². The molecule has 35 heavy (non-hydrogen) atoms. The predicted molar refractivity (Wildman–Crippen MR) is 124 cm³/mol. The van der Waals surface area contributed by atoms with E-state index in [1.807, 2.05) is 0 Å². The van der Waals surface area contributed by atoms with Crippen molar-refractivity contribution in [3.05, 3.63) is 59.2 Å². The van der Waals surface area contributed by atoms with Gasteiger partial charge in [0.2, 0.25) is 0 Å². The minimum Gasteiger partial charge on any atom is -0.399 e. The molecule has 1 aromatic carbocycles. The molecule has 0 bridgehead atoms. The Morgan fingerprint density at radius 2 is 1.86 bits per heavy atom. The van der Waals surface area contributed by atoms with Crippen molar-refractivity contribution in [1.29, 1.82) is 0 Å². The molecule has 1 aliphatic rings. The van der Waals surface area contributed by atoms with Crippen molar-refractivity contribution in [2.45, 2.75) is 44.6 Å². The van der Waals surface area contributed by atoms with Crippen molar-refractivity contribution < 1.29 is 22.3 Å². The van der Waals surface area contributed by atoms with E-state index in [0.29, 0.717) is 52.7 Å². The lowest BCUT2D eigenvalue weighted by Crippen LogP contribution is -2.30. The highest BCUT2D eigenvalue weighted by Crippen LogP contribution is 2.41. The molecule has 0 radical (unpaired) electrons. The highest BCUT2D eigenvalue weighted by Gasteiger charge is 2.37. The number of aromatic nitrogens is 4. The molecule has 5 rings (SSSR count). The minimum atomic E-state index is -4.52. The maximum absolute atomic E-state index is 16.1. The van der Waals surface area contributed by atoms with Crippen LogP contribution in [-0.4, -0.2) is 32.6 Å². The molecule has 4 aromatic rings. The number of nitrogen functional groups attached to an aromatic ring is 1. The second-order valence-electron chi connectivity index (χ2n) is 8.87. The summed E-state index contributed by atoms with van der Waals surface area (Å²) in [5, 5.41) is 3.73. The molecule has 1 saturated heterocycles. The number of hydrogen-bond donors (Lipinski definition) is 2. The molecule has 7 nitrogen and oxygen atoms in total. The van der Waals surface area contributed by atoms with Gasteiger partial charge >= 0.3 is 6.18 Å². The molecule has 1 fully saturated rings. The molecule has 0 amide bonds. The highest BCUT2D eigenvalue weighted by atomic mass is 19.4. The minimum absolute atomic E-state index is 0.00787. The van der Waals surface area contributed by atoms with Crippen LogP contribution in [0.25, 0.3) is 16.7 Å². The van der Waals surface area contributed by atoms with Gasteiger partial charge in [-0.3, -0.25) is 4.40 Å². The highest BCUT2D eigenvalue weighted by molar-refractivity contribution is 5.90. The van der Waals surface area contributed by atoms with E-state index >= 15 is 4.39 Å². The van der Waals surface area contributed by atoms with E-state index in [-0.39, 0.29) is 18.5 Å². The molecule has 4 heterocycles. The number of nitrogens with one attached hydrogen (secondary N) is 1. The van der Waals surface area contributed by atoms with Gasteiger partial charge in [-0.15, -0.1) is 0 Å². The molecule has 1 atom stereocenters. The van der Waals surface area contributed by atoms with Crippen molar-refractivity contribution in [3.63, 3.8) is 0 Å². The Hall–Kier alpha value is -3.47. The zero-order valence-corrected chi connectivity index (χ0v) is 19.2. The number of alkyl halides is 4. The summed E-state index contributed by atoms with van der Waals surface area (Å²) in [6, 6.07) is 4.56. The fraction of sp³-hybridized carbons (Fsp3) is 0.375. The number of hydrogen-bond acceptors (Lipinski definition) is 6. The summed E-state index contributed by atoms with van der Waals surface area (Å²) in [6.45, 7) is 4.02. The van der Waals surface area contributed by atoms with E-state index in [9.17, 15) is 13.2 Å². The van der Waals surface area contributed by atoms with Crippen molar-refractivity contribution in [1.82, 2.24) is 19.4 Å². The second-order valence-corrected chi connectivity index (χ2v) is 8.87. The Balaban J connectivity index is 1.63. The molecule has 11 heteroatoms. The normalized spacial score (nSPS) is 17.1. The molecule has 0 saturated carbocycles. The van der Waals surface area contributed by atoms with Crippen LogP contribution in [0.3, 0.4) is 0 Å². The number of aryl methyl sites for hydroxylation is 1. The molecule has 0 unspecified atom stereocenters. The van der Waals surface area contributed by atoms with Gasteiger partial charge < -0.3 is 15.8 Å². The van der Waals surface area contributed by atoms with Gasteiger partial charge in [0.15, 0.2) is 5.65 Å². The molecule has 184 valence electrons. The number of rotatable bonds is 4. The monoisotopic (exact) mass is 488 g/mol. The lowest BCUT2D eigenvalue weighted by atomic mass is 9.88. The van der Waals surface area contributed by atoms with Crippen LogP contribution in [0.15, 0.2) is 36.7 Å². The fourth-order valence-electron chi connectivity index (χ4n) is 4.55. The number of imidazole rings is 1. The lowest BCUT2D eigenvalue weighted by molar-refractivity contribution is -0.137. The zero-order chi connectivity index (χ0) is 25.0. The van der Waals surface area contributed by atoms with Gasteiger partial charge in [-0.25, -0.2) is 19.3 Å². The zero-order valence-electron chi connectivity index (χ0n) is 19.2. The van der Waals surface area contributed by atoms with Gasteiger partial charge in [0.25, 0.3) is 0 Å². The van der Waals surface area contributed by atoms with Crippen molar-refractivity contribution >= 4 is 28.2 Å². The van der Waals surface area contributed by atoms with Crippen molar-refractivity contribution in [2.75, 3.05) is 24.3 Å². The summed E-state index contributed by atoms with van der Waals surface area (Å²) >= 11 is 0. The van der Waals surface area contributed by atoms with E-state index in [1.54, 1.807) is 36.7 Å². The molecule has 3 N–H and O–H groups in total. The molecule has 3 aromatic heterocycles. The summed E-state index contributed by atoms with van der Waals surface area (Å²) < 4.78 is 63.1. The molecule has 1 aliphatic heterocycles. The van der Waals surface area contributed by atoms with Crippen LogP contribution in [0.5, 0.6) is 0 Å². The first-order valence-electron chi connectivity index (χ1n) is 11.2. The van der Waals surface area contributed by atoms with Crippen molar-refractivity contribution in [2.24, 2.45) is 0 Å². The topological polar surface area (TPSA) is 90.4 Å². The van der Waals surface area contributed by atoms with Gasteiger partial charge in [0.1, 0.15) is 23.0 Å². The maximum Gasteiger partial charge on any atom is 0.416 e. The number of pyridine rings is 1. The Kier molecular flexibility index (Phi) is 5.54. The number of benzene rings is 1. The smallest absolute Gasteiger partial charge is 0.399 e. The summed E-state index contributed by atoms with van der Waals surface area (Å²) in [7, 11) is 0. The Labute approximate surface area is 198 Å². The van der Waals surface area contributed by atoms with Crippen LogP contribution >= 0.6 is 0 Å². The number of ether oxygens (including phenoxy) is 1. The summed E-state index contributed by atoms with van der Waals surface area (Å²) in [5.41, 5.74) is 5.03. The Morgan fingerprint density at radius 3 is 2.57 bits per heavy atom.